The van der Waals surface area contributed by atoms with Crippen LogP contribution in [0.2, 0.25) is 0 Å². The van der Waals surface area contributed by atoms with Gasteiger partial charge in [-0.1, -0.05) is 109 Å². The van der Waals surface area contributed by atoms with Gasteiger partial charge in [0.25, 0.3) is 0 Å². The molecule has 0 unspecified atom stereocenters. The number of para-hydroxylation sites is 2. The van der Waals surface area contributed by atoms with E-state index in [4.69, 9.17) is 14.4 Å². The standard InChI is InChI=1S/C39H25N3O/c1-2-8-26(9-3-1)27-16-18-28(19-17-27)35-25-36(42-39(41-35)29-20-22-40-23-21-29)31-11-6-10-30(24-31)32-13-7-14-34-33-12-4-5-15-37(33)43-38(32)34/h1-25H. The van der Waals surface area contributed by atoms with Gasteiger partial charge in [-0.25, -0.2) is 9.97 Å². The van der Waals surface area contributed by atoms with Crippen molar-refractivity contribution in [1.82, 2.24) is 15.0 Å². The van der Waals surface area contributed by atoms with Crippen LogP contribution in [-0.4, -0.2) is 15.0 Å². The Bertz CT molecular complexity index is 2220. The van der Waals surface area contributed by atoms with Crippen LogP contribution in [0.1, 0.15) is 0 Å². The van der Waals surface area contributed by atoms with Crippen molar-refractivity contribution in [2.75, 3.05) is 0 Å². The Balaban J connectivity index is 1.25. The molecule has 0 bridgehead atoms. The predicted octanol–water partition coefficient (Wildman–Crippen LogP) is 10.1. The van der Waals surface area contributed by atoms with Crippen LogP contribution in [0.4, 0.5) is 0 Å². The molecule has 8 aromatic rings. The number of rotatable bonds is 5. The summed E-state index contributed by atoms with van der Waals surface area (Å²) >= 11 is 0. The van der Waals surface area contributed by atoms with Crippen LogP contribution in [0, 0.1) is 0 Å². The SMILES string of the molecule is c1ccc(-c2ccc(-c3cc(-c4cccc(-c5cccc6c5oc5ccccc56)c4)nc(-c4ccncc4)n3)cc2)cc1. The molecule has 0 aliphatic heterocycles. The van der Waals surface area contributed by atoms with Gasteiger partial charge in [-0.3, -0.25) is 4.98 Å². The number of aromatic nitrogens is 3. The lowest BCUT2D eigenvalue weighted by Gasteiger charge is -2.11. The van der Waals surface area contributed by atoms with E-state index in [-0.39, 0.29) is 0 Å². The molecule has 0 saturated carbocycles. The largest absolute Gasteiger partial charge is 0.455 e. The molecule has 0 N–H and O–H groups in total. The lowest BCUT2D eigenvalue weighted by molar-refractivity contribution is 0.670. The lowest BCUT2D eigenvalue weighted by atomic mass is 9.98. The zero-order chi connectivity index (χ0) is 28.6. The number of nitrogens with zero attached hydrogens (tertiary/aromatic N) is 3. The van der Waals surface area contributed by atoms with Crippen molar-refractivity contribution >= 4 is 21.9 Å². The first kappa shape index (κ1) is 24.9. The topological polar surface area (TPSA) is 51.8 Å². The van der Waals surface area contributed by atoms with E-state index >= 15 is 0 Å². The average molecular weight is 552 g/mol. The molecule has 0 amide bonds. The van der Waals surface area contributed by atoms with Gasteiger partial charge in [0.15, 0.2) is 5.82 Å². The van der Waals surface area contributed by atoms with Gasteiger partial charge < -0.3 is 4.42 Å². The number of hydrogen-bond acceptors (Lipinski definition) is 4. The zero-order valence-corrected chi connectivity index (χ0v) is 23.2. The van der Waals surface area contributed by atoms with Crippen LogP contribution in [0.3, 0.4) is 0 Å². The third-order valence-electron chi connectivity index (χ3n) is 7.83. The second kappa shape index (κ2) is 10.5. The Morgan fingerprint density at radius 1 is 0.419 bits per heavy atom. The van der Waals surface area contributed by atoms with Gasteiger partial charge in [-0.2, -0.15) is 0 Å². The highest BCUT2D eigenvalue weighted by Crippen LogP contribution is 2.37. The van der Waals surface area contributed by atoms with E-state index in [1.54, 1.807) is 12.4 Å². The van der Waals surface area contributed by atoms with E-state index in [9.17, 15) is 0 Å². The van der Waals surface area contributed by atoms with E-state index < -0.39 is 0 Å². The van der Waals surface area contributed by atoms with Crippen LogP contribution in [0.5, 0.6) is 0 Å². The van der Waals surface area contributed by atoms with Gasteiger partial charge in [0.1, 0.15) is 11.2 Å². The molecule has 4 nitrogen and oxygen atoms in total. The number of fused-ring (bicyclic) bond motifs is 3. The minimum Gasteiger partial charge on any atom is -0.455 e. The molecule has 202 valence electrons. The van der Waals surface area contributed by atoms with Gasteiger partial charge in [0.05, 0.1) is 11.4 Å². The highest BCUT2D eigenvalue weighted by Gasteiger charge is 2.15. The van der Waals surface area contributed by atoms with Crippen molar-refractivity contribution in [2.24, 2.45) is 0 Å². The van der Waals surface area contributed by atoms with Gasteiger partial charge in [-0.15, -0.1) is 0 Å². The minimum absolute atomic E-state index is 0.659. The van der Waals surface area contributed by atoms with Crippen LogP contribution in [0.15, 0.2) is 156 Å². The summed E-state index contributed by atoms with van der Waals surface area (Å²) in [6.07, 6.45) is 3.54. The van der Waals surface area contributed by atoms with Crippen molar-refractivity contribution in [3.8, 4) is 56.2 Å². The van der Waals surface area contributed by atoms with Crippen molar-refractivity contribution in [2.45, 2.75) is 0 Å². The molecule has 0 spiro atoms. The Kier molecular flexibility index (Phi) is 6.08. The summed E-state index contributed by atoms with van der Waals surface area (Å²) in [6.45, 7) is 0. The fraction of sp³-hybridized carbons (Fsp3) is 0. The first-order chi connectivity index (χ1) is 21.3. The Morgan fingerprint density at radius 2 is 1.05 bits per heavy atom. The monoisotopic (exact) mass is 551 g/mol. The molecular weight excluding hydrogens is 526 g/mol. The van der Waals surface area contributed by atoms with E-state index in [0.717, 1.165) is 61.1 Å². The highest BCUT2D eigenvalue weighted by molar-refractivity contribution is 6.09. The molecule has 0 aliphatic carbocycles. The molecular formula is C39H25N3O. The Labute approximate surface area is 249 Å². The Morgan fingerprint density at radius 3 is 1.88 bits per heavy atom. The third-order valence-corrected chi connectivity index (χ3v) is 7.83. The van der Waals surface area contributed by atoms with Crippen LogP contribution in [0.25, 0.3) is 78.1 Å². The van der Waals surface area contributed by atoms with Crippen LogP contribution in [-0.2, 0) is 0 Å². The van der Waals surface area contributed by atoms with E-state index in [0.29, 0.717) is 5.82 Å². The molecule has 0 fully saturated rings. The summed E-state index contributed by atoms with van der Waals surface area (Å²) in [6, 6.07) is 47.9. The average Bonchev–Trinajstić information content (AvgIpc) is 3.48. The number of benzene rings is 5. The molecule has 5 aromatic carbocycles. The van der Waals surface area contributed by atoms with Gasteiger partial charge in [0, 0.05) is 45.4 Å². The zero-order valence-electron chi connectivity index (χ0n) is 23.2. The second-order valence-electron chi connectivity index (χ2n) is 10.5. The number of pyridine rings is 1. The number of hydrogen-bond donors (Lipinski definition) is 0. The smallest absolute Gasteiger partial charge is 0.160 e. The van der Waals surface area contributed by atoms with Crippen molar-refractivity contribution in [3.05, 3.63) is 152 Å². The molecule has 0 atom stereocenters. The van der Waals surface area contributed by atoms with Crippen molar-refractivity contribution in [1.29, 1.82) is 0 Å². The summed E-state index contributed by atoms with van der Waals surface area (Å²) in [4.78, 5) is 14.2. The molecule has 0 saturated heterocycles. The molecule has 0 aliphatic rings. The van der Waals surface area contributed by atoms with Crippen molar-refractivity contribution < 1.29 is 4.42 Å². The minimum atomic E-state index is 0.659. The van der Waals surface area contributed by atoms with Crippen LogP contribution < -0.4 is 0 Å². The third kappa shape index (κ3) is 4.65. The maximum absolute atomic E-state index is 6.35. The maximum Gasteiger partial charge on any atom is 0.160 e. The molecule has 3 heterocycles. The summed E-state index contributed by atoms with van der Waals surface area (Å²) in [5, 5.41) is 2.23. The van der Waals surface area contributed by atoms with Gasteiger partial charge in [-0.05, 0) is 47.0 Å². The normalized spacial score (nSPS) is 11.3. The molecule has 4 heteroatoms. The number of furan rings is 1. The fourth-order valence-corrected chi connectivity index (χ4v) is 5.66. The maximum atomic E-state index is 6.35. The first-order valence-electron chi connectivity index (χ1n) is 14.3. The molecule has 3 aromatic heterocycles. The highest BCUT2D eigenvalue weighted by atomic mass is 16.3. The molecule has 0 radical (unpaired) electrons. The van der Waals surface area contributed by atoms with E-state index in [1.807, 2.05) is 36.4 Å². The molecule has 43 heavy (non-hydrogen) atoms. The van der Waals surface area contributed by atoms with Gasteiger partial charge in [0.2, 0.25) is 0 Å². The van der Waals surface area contributed by atoms with E-state index in [1.165, 1.54) is 11.1 Å². The summed E-state index contributed by atoms with van der Waals surface area (Å²) in [7, 11) is 0. The van der Waals surface area contributed by atoms with E-state index in [2.05, 4.69) is 108 Å². The summed E-state index contributed by atoms with van der Waals surface area (Å²) < 4.78 is 6.35. The quantitative estimate of drug-likeness (QED) is 0.214. The van der Waals surface area contributed by atoms with Gasteiger partial charge >= 0.3 is 0 Å². The predicted molar refractivity (Wildman–Crippen MR) is 174 cm³/mol. The van der Waals surface area contributed by atoms with Crippen LogP contribution >= 0.6 is 0 Å². The summed E-state index contributed by atoms with van der Waals surface area (Å²) in [5.41, 5.74) is 10.9. The second-order valence-corrected chi connectivity index (χ2v) is 10.5. The summed E-state index contributed by atoms with van der Waals surface area (Å²) in [5.74, 6) is 0.659. The fourth-order valence-electron chi connectivity index (χ4n) is 5.66. The lowest BCUT2D eigenvalue weighted by Crippen LogP contribution is -1.96. The molecule has 8 rings (SSSR count). The van der Waals surface area contributed by atoms with Crippen molar-refractivity contribution in [3.63, 3.8) is 0 Å². The first-order valence-corrected chi connectivity index (χ1v) is 14.3. The Hall–Kier alpha value is -5.87.